The smallest absolute Gasteiger partial charge is 0.492 e. The molecule has 8 heteroatoms. The van der Waals surface area contributed by atoms with Crippen LogP contribution >= 0.6 is 0 Å². The van der Waals surface area contributed by atoms with Crippen LogP contribution in [-0.2, 0) is 14.0 Å². The van der Waals surface area contributed by atoms with Gasteiger partial charge in [0.2, 0.25) is 0 Å². The molecule has 1 saturated heterocycles. The Bertz CT molecular complexity index is 1360. The fraction of sp³-hybridized carbons (Fsp3) is 0.323. The van der Waals surface area contributed by atoms with Gasteiger partial charge in [0, 0.05) is 29.8 Å². The van der Waals surface area contributed by atoms with Crippen LogP contribution in [0.1, 0.15) is 50.3 Å². The third kappa shape index (κ3) is 5.27. The van der Waals surface area contributed by atoms with Crippen LogP contribution in [0.4, 0.5) is 10.5 Å². The van der Waals surface area contributed by atoms with Crippen molar-refractivity contribution in [1.82, 2.24) is 5.32 Å². The molecule has 5 rings (SSSR count). The van der Waals surface area contributed by atoms with Gasteiger partial charge in [-0.15, -0.1) is 0 Å². The number of rotatable bonds is 7. The van der Waals surface area contributed by atoms with E-state index in [0.29, 0.717) is 11.4 Å². The normalized spacial score (nSPS) is 17.5. The summed E-state index contributed by atoms with van der Waals surface area (Å²) < 4.78 is 23.9. The van der Waals surface area contributed by atoms with E-state index in [4.69, 9.17) is 24.5 Å². The minimum Gasteiger partial charge on any atom is -0.496 e. The fourth-order valence-corrected chi connectivity index (χ4v) is 5.07. The molecule has 0 bridgehead atoms. The third-order valence-corrected chi connectivity index (χ3v) is 7.93. The zero-order valence-electron chi connectivity index (χ0n) is 23.1. The molecule has 0 atom stereocenters. The number of fused-ring (bicyclic) bond motifs is 3. The van der Waals surface area contributed by atoms with Crippen molar-refractivity contribution in [3.05, 3.63) is 88.9 Å². The lowest BCUT2D eigenvalue weighted by molar-refractivity contribution is 0.00578. The first-order valence-corrected chi connectivity index (χ1v) is 13.2. The number of nitrogens with two attached hydrogens (primary N) is 1. The second-order valence-corrected chi connectivity index (χ2v) is 11.0. The van der Waals surface area contributed by atoms with Gasteiger partial charge >= 0.3 is 13.2 Å². The van der Waals surface area contributed by atoms with E-state index in [1.54, 1.807) is 19.2 Å². The molecule has 1 aliphatic carbocycles. The largest absolute Gasteiger partial charge is 0.496 e. The number of nitrogens with one attached hydrogen (secondary N) is 1. The maximum Gasteiger partial charge on any atom is 0.492 e. The first-order chi connectivity index (χ1) is 18.6. The van der Waals surface area contributed by atoms with Gasteiger partial charge in [0.25, 0.3) is 0 Å². The molecule has 1 amide bonds. The summed E-state index contributed by atoms with van der Waals surface area (Å²) in [6.07, 6.45) is 1.40. The molecule has 3 aromatic rings. The van der Waals surface area contributed by atoms with E-state index in [9.17, 15) is 4.79 Å². The third-order valence-electron chi connectivity index (χ3n) is 7.93. The zero-order valence-corrected chi connectivity index (χ0v) is 23.1. The van der Waals surface area contributed by atoms with Crippen LogP contribution in [0.25, 0.3) is 17.2 Å². The minimum absolute atomic E-state index is 0.0136. The van der Waals surface area contributed by atoms with Crippen molar-refractivity contribution in [3.8, 4) is 16.9 Å². The Morgan fingerprint density at radius 1 is 0.974 bits per heavy atom. The standard InChI is InChI=1S/C31H35BN2O5/c1-30(2)31(3,4)39-32(38-30)21(16-20-14-15-22(33)17-28(20)36-5)18-34-29(35)37-19-27-25-12-8-6-10-23(25)24-11-7-9-13-26(24)27/h6-17,27H,18-19,33H2,1-5H3,(H,34,35). The Labute approximate surface area is 230 Å². The number of carbonyl (C=O) groups excluding carboxylic acids is 1. The summed E-state index contributed by atoms with van der Waals surface area (Å²) in [5.41, 5.74) is 11.7. The molecule has 0 spiro atoms. The molecule has 202 valence electrons. The van der Waals surface area contributed by atoms with Gasteiger partial charge < -0.3 is 29.8 Å². The van der Waals surface area contributed by atoms with Crippen molar-refractivity contribution in [2.75, 3.05) is 26.0 Å². The van der Waals surface area contributed by atoms with Gasteiger partial charge in [-0.25, -0.2) is 4.79 Å². The Morgan fingerprint density at radius 3 is 2.15 bits per heavy atom. The molecular formula is C31H35BN2O5. The van der Waals surface area contributed by atoms with Crippen molar-refractivity contribution in [2.45, 2.75) is 44.8 Å². The lowest BCUT2D eigenvalue weighted by atomic mass is 9.77. The van der Waals surface area contributed by atoms with Gasteiger partial charge in [0.05, 0.1) is 18.3 Å². The summed E-state index contributed by atoms with van der Waals surface area (Å²) in [5, 5.41) is 2.90. The van der Waals surface area contributed by atoms with E-state index >= 15 is 0 Å². The van der Waals surface area contributed by atoms with E-state index in [-0.39, 0.29) is 19.1 Å². The number of nitrogen functional groups attached to an aromatic ring is 1. The van der Waals surface area contributed by atoms with Crippen molar-refractivity contribution in [1.29, 1.82) is 0 Å². The van der Waals surface area contributed by atoms with Crippen LogP contribution in [0.3, 0.4) is 0 Å². The highest BCUT2D eigenvalue weighted by atomic mass is 16.7. The molecule has 1 fully saturated rings. The summed E-state index contributed by atoms with van der Waals surface area (Å²) in [7, 11) is 0.932. The molecule has 0 saturated carbocycles. The van der Waals surface area contributed by atoms with Gasteiger partial charge in [-0.2, -0.15) is 0 Å². The first-order valence-electron chi connectivity index (χ1n) is 13.2. The summed E-state index contributed by atoms with van der Waals surface area (Å²) in [5.74, 6) is 0.602. The second kappa shape index (κ2) is 10.4. The molecule has 1 aliphatic heterocycles. The van der Waals surface area contributed by atoms with Crippen LogP contribution in [-0.4, -0.2) is 44.7 Å². The van der Waals surface area contributed by atoms with E-state index in [0.717, 1.165) is 11.0 Å². The molecule has 0 radical (unpaired) electrons. The van der Waals surface area contributed by atoms with Gasteiger partial charge in [-0.1, -0.05) is 54.6 Å². The average Bonchev–Trinajstić information content (AvgIpc) is 3.34. The Morgan fingerprint density at radius 2 is 1.56 bits per heavy atom. The second-order valence-electron chi connectivity index (χ2n) is 11.0. The quantitative estimate of drug-likeness (QED) is 0.297. The number of anilines is 1. The van der Waals surface area contributed by atoms with Gasteiger partial charge in [0.15, 0.2) is 0 Å². The van der Waals surface area contributed by atoms with Crippen LogP contribution < -0.4 is 15.8 Å². The predicted octanol–water partition coefficient (Wildman–Crippen LogP) is 5.83. The predicted molar refractivity (Wildman–Crippen MR) is 155 cm³/mol. The van der Waals surface area contributed by atoms with Crippen molar-refractivity contribution < 1.29 is 23.6 Å². The topological polar surface area (TPSA) is 92.0 Å². The summed E-state index contributed by atoms with van der Waals surface area (Å²) >= 11 is 0. The highest BCUT2D eigenvalue weighted by Gasteiger charge is 2.52. The Balaban J connectivity index is 1.32. The van der Waals surface area contributed by atoms with Crippen molar-refractivity contribution in [2.24, 2.45) is 0 Å². The van der Waals surface area contributed by atoms with Gasteiger partial charge in [-0.3, -0.25) is 0 Å². The summed E-state index contributed by atoms with van der Waals surface area (Å²) in [6.45, 7) is 8.38. The van der Waals surface area contributed by atoms with Crippen LogP contribution in [0.2, 0.25) is 0 Å². The number of ether oxygens (including phenoxy) is 2. The maximum atomic E-state index is 12.9. The lowest BCUT2D eigenvalue weighted by Gasteiger charge is -2.32. The van der Waals surface area contributed by atoms with E-state index in [2.05, 4.69) is 29.6 Å². The molecule has 0 aromatic heterocycles. The minimum atomic E-state index is -0.661. The molecule has 3 N–H and O–H groups in total. The molecule has 3 aromatic carbocycles. The molecule has 39 heavy (non-hydrogen) atoms. The number of hydrogen-bond donors (Lipinski definition) is 2. The lowest BCUT2D eigenvalue weighted by Crippen LogP contribution is -2.41. The van der Waals surface area contributed by atoms with E-state index < -0.39 is 24.4 Å². The van der Waals surface area contributed by atoms with Gasteiger partial charge in [-0.05, 0) is 67.6 Å². The molecular weight excluding hydrogens is 491 g/mol. The highest BCUT2D eigenvalue weighted by Crippen LogP contribution is 2.44. The van der Waals surface area contributed by atoms with Crippen LogP contribution in [0, 0.1) is 0 Å². The Hall–Kier alpha value is -3.75. The van der Waals surface area contributed by atoms with Crippen molar-refractivity contribution in [3.63, 3.8) is 0 Å². The fourth-order valence-electron chi connectivity index (χ4n) is 5.07. The summed E-state index contributed by atoms with van der Waals surface area (Å²) in [4.78, 5) is 12.9. The first kappa shape index (κ1) is 26.8. The van der Waals surface area contributed by atoms with Crippen LogP contribution in [0.5, 0.6) is 5.75 Å². The van der Waals surface area contributed by atoms with Gasteiger partial charge in [0.1, 0.15) is 12.4 Å². The maximum absolute atomic E-state index is 12.9. The van der Waals surface area contributed by atoms with E-state index in [1.165, 1.54) is 22.3 Å². The molecule has 1 heterocycles. The average molecular weight is 526 g/mol. The molecule has 7 nitrogen and oxygen atoms in total. The zero-order chi connectivity index (χ0) is 27.8. The van der Waals surface area contributed by atoms with Crippen LogP contribution in [0.15, 0.2) is 72.2 Å². The number of alkyl carbamates (subject to hydrolysis) is 1. The molecule has 2 aliphatic rings. The Kier molecular flexibility index (Phi) is 7.18. The SMILES string of the molecule is COc1cc(N)ccc1C=C(CNC(=O)OCC1c2ccccc2-c2ccccc21)B1OC(C)(C)C(C)(C)O1. The summed E-state index contributed by atoms with van der Waals surface area (Å²) in [6, 6.07) is 21.9. The number of hydrogen-bond acceptors (Lipinski definition) is 6. The van der Waals surface area contributed by atoms with Crippen molar-refractivity contribution >= 4 is 25.0 Å². The molecule has 0 unspecified atom stereocenters. The number of carbonyl (C=O) groups is 1. The van der Waals surface area contributed by atoms with E-state index in [1.807, 2.05) is 64.1 Å². The highest BCUT2D eigenvalue weighted by molar-refractivity contribution is 6.56. The number of methoxy groups -OCH3 is 1. The monoisotopic (exact) mass is 526 g/mol. The number of amides is 1. The number of benzene rings is 3.